The maximum atomic E-state index is 12.7. The normalized spacial score (nSPS) is 14.6. The molecular formula is C25H24ClN5O2. The Kier molecular flexibility index (Phi) is 6.32. The van der Waals surface area contributed by atoms with Crippen LogP contribution in [-0.4, -0.2) is 57.0 Å². The zero-order chi connectivity index (χ0) is 22.6. The Labute approximate surface area is 197 Å². The monoisotopic (exact) mass is 461 g/mol. The van der Waals surface area contributed by atoms with Gasteiger partial charge in [-0.05, 0) is 35.9 Å². The summed E-state index contributed by atoms with van der Waals surface area (Å²) in [5.41, 5.74) is 3.11. The molecule has 2 aromatic heterocycles. The fourth-order valence-electron chi connectivity index (χ4n) is 4.14. The number of hydrogen-bond acceptors (Lipinski definition) is 6. The highest BCUT2D eigenvalue weighted by molar-refractivity contribution is 6.30. The molecule has 1 fully saturated rings. The average molecular weight is 462 g/mol. The smallest absolute Gasteiger partial charge is 0.227 e. The Bertz CT molecular complexity index is 1240. The van der Waals surface area contributed by atoms with Gasteiger partial charge in [0, 0.05) is 67.7 Å². The lowest BCUT2D eigenvalue weighted by molar-refractivity contribution is -0.133. The minimum atomic E-state index is 0.118. The van der Waals surface area contributed by atoms with E-state index in [2.05, 4.69) is 44.3 Å². The van der Waals surface area contributed by atoms with Gasteiger partial charge in [0.05, 0.1) is 5.52 Å². The molecule has 5 rings (SSSR count). The molecule has 4 aromatic rings. The van der Waals surface area contributed by atoms with Gasteiger partial charge in [-0.25, -0.2) is 0 Å². The standard InChI is InChI=1S/C25H24ClN5O2/c26-21-8-6-19(7-9-21)25-28-22(33-29-25)10-11-23(32)31-15-13-30(14-16-31)17-20-4-1-3-18-5-2-12-27-24(18)20/h1-9,12H,10-11,13-17H2. The maximum absolute atomic E-state index is 12.7. The number of piperazine rings is 1. The number of para-hydroxylation sites is 1. The minimum absolute atomic E-state index is 0.118. The molecule has 2 aromatic carbocycles. The number of carbonyl (C=O) groups is 1. The van der Waals surface area contributed by atoms with Crippen molar-refractivity contribution in [3.05, 3.63) is 77.3 Å². The highest BCUT2D eigenvalue weighted by Crippen LogP contribution is 2.20. The number of fused-ring (bicyclic) bond motifs is 1. The van der Waals surface area contributed by atoms with Gasteiger partial charge >= 0.3 is 0 Å². The number of hydrogen-bond donors (Lipinski definition) is 0. The van der Waals surface area contributed by atoms with Crippen LogP contribution in [0.4, 0.5) is 0 Å². The van der Waals surface area contributed by atoms with E-state index in [-0.39, 0.29) is 5.91 Å². The third-order valence-electron chi connectivity index (χ3n) is 5.96. The second-order valence-corrected chi connectivity index (χ2v) is 8.60. The molecule has 0 spiro atoms. The van der Waals surface area contributed by atoms with Gasteiger partial charge in [0.15, 0.2) is 0 Å². The van der Waals surface area contributed by atoms with Crippen LogP contribution in [0, 0.1) is 0 Å². The van der Waals surface area contributed by atoms with Gasteiger partial charge in [0.2, 0.25) is 17.6 Å². The van der Waals surface area contributed by atoms with E-state index in [1.807, 2.05) is 29.3 Å². The lowest BCUT2D eigenvalue weighted by atomic mass is 10.1. The number of rotatable bonds is 6. The number of pyridine rings is 1. The molecular weight excluding hydrogens is 438 g/mol. The Morgan fingerprint density at radius 3 is 2.61 bits per heavy atom. The Hall–Kier alpha value is -3.29. The molecule has 168 valence electrons. The molecule has 0 N–H and O–H groups in total. The van der Waals surface area contributed by atoms with Gasteiger partial charge < -0.3 is 9.42 Å². The van der Waals surface area contributed by atoms with Crippen molar-refractivity contribution < 1.29 is 9.32 Å². The van der Waals surface area contributed by atoms with Gasteiger partial charge in [-0.1, -0.05) is 41.0 Å². The van der Waals surface area contributed by atoms with Crippen molar-refractivity contribution in [1.82, 2.24) is 24.9 Å². The quantitative estimate of drug-likeness (QED) is 0.428. The molecule has 0 unspecified atom stereocenters. The summed E-state index contributed by atoms with van der Waals surface area (Å²) < 4.78 is 5.33. The zero-order valence-electron chi connectivity index (χ0n) is 18.2. The van der Waals surface area contributed by atoms with E-state index < -0.39 is 0 Å². The average Bonchev–Trinajstić information content (AvgIpc) is 3.33. The molecule has 8 heteroatoms. The lowest BCUT2D eigenvalue weighted by Gasteiger charge is -2.34. The SMILES string of the molecule is O=C(CCc1nc(-c2ccc(Cl)cc2)no1)N1CCN(Cc2cccc3cccnc23)CC1. The van der Waals surface area contributed by atoms with Crippen LogP contribution in [-0.2, 0) is 17.8 Å². The first-order valence-electron chi connectivity index (χ1n) is 11.1. The van der Waals surface area contributed by atoms with Crippen LogP contribution < -0.4 is 0 Å². The molecule has 1 aliphatic rings. The number of halogens is 1. The van der Waals surface area contributed by atoms with Crippen LogP contribution in [0.5, 0.6) is 0 Å². The van der Waals surface area contributed by atoms with E-state index in [0.717, 1.165) is 49.2 Å². The van der Waals surface area contributed by atoms with E-state index in [1.54, 1.807) is 12.1 Å². The molecule has 0 radical (unpaired) electrons. The molecule has 0 atom stereocenters. The Morgan fingerprint density at radius 1 is 1.00 bits per heavy atom. The van der Waals surface area contributed by atoms with Crippen molar-refractivity contribution in [2.24, 2.45) is 0 Å². The van der Waals surface area contributed by atoms with Crippen LogP contribution in [0.2, 0.25) is 5.02 Å². The van der Waals surface area contributed by atoms with E-state index in [9.17, 15) is 4.79 Å². The summed E-state index contributed by atoms with van der Waals surface area (Å²) in [5, 5.41) is 5.82. The lowest BCUT2D eigenvalue weighted by Crippen LogP contribution is -2.48. The van der Waals surface area contributed by atoms with E-state index in [1.165, 1.54) is 5.56 Å². The van der Waals surface area contributed by atoms with Crippen molar-refractivity contribution >= 4 is 28.4 Å². The number of carbonyl (C=O) groups excluding carboxylic acids is 1. The molecule has 0 bridgehead atoms. The minimum Gasteiger partial charge on any atom is -0.340 e. The third-order valence-corrected chi connectivity index (χ3v) is 6.21. The first-order valence-corrected chi connectivity index (χ1v) is 11.4. The van der Waals surface area contributed by atoms with Crippen molar-refractivity contribution in [3.8, 4) is 11.4 Å². The molecule has 0 aliphatic carbocycles. The number of benzene rings is 2. The summed E-state index contributed by atoms with van der Waals surface area (Å²) in [6, 6.07) is 17.6. The summed E-state index contributed by atoms with van der Waals surface area (Å²) >= 11 is 5.92. The molecule has 1 saturated heterocycles. The van der Waals surface area contributed by atoms with Crippen LogP contribution in [0.15, 0.2) is 65.3 Å². The van der Waals surface area contributed by atoms with Crippen LogP contribution >= 0.6 is 11.6 Å². The van der Waals surface area contributed by atoms with Gasteiger partial charge in [0.25, 0.3) is 0 Å². The summed E-state index contributed by atoms with van der Waals surface area (Å²) in [5.74, 6) is 1.09. The van der Waals surface area contributed by atoms with E-state index >= 15 is 0 Å². The molecule has 1 amide bonds. The number of amides is 1. The Balaban J connectivity index is 1.12. The molecule has 33 heavy (non-hydrogen) atoms. The zero-order valence-corrected chi connectivity index (χ0v) is 18.9. The van der Waals surface area contributed by atoms with Crippen molar-refractivity contribution in [2.75, 3.05) is 26.2 Å². The summed E-state index contributed by atoms with van der Waals surface area (Å²) in [7, 11) is 0. The second-order valence-electron chi connectivity index (χ2n) is 8.17. The first kappa shape index (κ1) is 21.6. The van der Waals surface area contributed by atoms with Crippen LogP contribution in [0.25, 0.3) is 22.3 Å². The summed E-state index contributed by atoms with van der Waals surface area (Å²) in [6.45, 7) is 3.96. The number of aromatic nitrogens is 3. The topological polar surface area (TPSA) is 75.4 Å². The summed E-state index contributed by atoms with van der Waals surface area (Å²) in [4.78, 5) is 26.0. The van der Waals surface area contributed by atoms with Crippen molar-refractivity contribution in [2.45, 2.75) is 19.4 Å². The van der Waals surface area contributed by atoms with Crippen LogP contribution in [0.3, 0.4) is 0 Å². The first-order chi connectivity index (χ1) is 16.2. The van der Waals surface area contributed by atoms with E-state index in [4.69, 9.17) is 16.1 Å². The fourth-order valence-corrected chi connectivity index (χ4v) is 4.26. The summed E-state index contributed by atoms with van der Waals surface area (Å²) in [6.07, 6.45) is 2.63. The number of nitrogens with zero attached hydrogens (tertiary/aromatic N) is 5. The predicted molar refractivity (Wildman–Crippen MR) is 127 cm³/mol. The molecule has 0 saturated carbocycles. The largest absolute Gasteiger partial charge is 0.340 e. The molecule has 7 nitrogen and oxygen atoms in total. The second kappa shape index (κ2) is 9.68. The van der Waals surface area contributed by atoms with Gasteiger partial charge in [-0.3, -0.25) is 14.7 Å². The van der Waals surface area contributed by atoms with Gasteiger partial charge in [-0.2, -0.15) is 4.98 Å². The van der Waals surface area contributed by atoms with Gasteiger partial charge in [-0.15, -0.1) is 0 Å². The highest BCUT2D eigenvalue weighted by atomic mass is 35.5. The fraction of sp³-hybridized carbons (Fsp3) is 0.280. The highest BCUT2D eigenvalue weighted by Gasteiger charge is 2.22. The molecule has 3 heterocycles. The third kappa shape index (κ3) is 5.05. The molecule has 1 aliphatic heterocycles. The van der Waals surface area contributed by atoms with Gasteiger partial charge in [0.1, 0.15) is 0 Å². The number of aryl methyl sites for hydroxylation is 1. The van der Waals surface area contributed by atoms with Crippen LogP contribution in [0.1, 0.15) is 17.9 Å². The van der Waals surface area contributed by atoms with Crippen molar-refractivity contribution in [3.63, 3.8) is 0 Å². The maximum Gasteiger partial charge on any atom is 0.227 e. The Morgan fingerprint density at radius 2 is 1.79 bits per heavy atom. The van der Waals surface area contributed by atoms with E-state index in [0.29, 0.717) is 29.6 Å². The van der Waals surface area contributed by atoms with Crippen molar-refractivity contribution in [1.29, 1.82) is 0 Å². The predicted octanol–water partition coefficient (Wildman–Crippen LogP) is 4.22.